The summed E-state index contributed by atoms with van der Waals surface area (Å²) in [5.41, 5.74) is 0.748. The highest BCUT2D eigenvalue weighted by molar-refractivity contribution is 5.78. The van der Waals surface area contributed by atoms with Gasteiger partial charge >= 0.3 is 0 Å². The highest BCUT2D eigenvalue weighted by Crippen LogP contribution is 2.11. The zero-order chi connectivity index (χ0) is 11.3. The van der Waals surface area contributed by atoms with Crippen molar-refractivity contribution in [2.75, 3.05) is 6.61 Å². The van der Waals surface area contributed by atoms with Crippen LogP contribution >= 0.6 is 0 Å². The molecule has 15 heavy (non-hydrogen) atoms. The first-order chi connectivity index (χ1) is 7.11. The van der Waals surface area contributed by atoms with Crippen molar-refractivity contribution in [1.29, 1.82) is 0 Å². The lowest BCUT2D eigenvalue weighted by Gasteiger charge is -2.10. The Hall–Kier alpha value is -1.55. The first kappa shape index (κ1) is 11.5. The molecule has 0 spiro atoms. The van der Waals surface area contributed by atoms with Gasteiger partial charge < -0.3 is 15.5 Å². The molecular weight excluding hydrogens is 194 g/mol. The van der Waals surface area contributed by atoms with Crippen LogP contribution in [0.25, 0.3) is 0 Å². The summed E-state index contributed by atoms with van der Waals surface area (Å²) in [6.45, 7) is 1.64. The van der Waals surface area contributed by atoms with Gasteiger partial charge in [-0.3, -0.25) is 4.79 Å². The lowest BCUT2D eigenvalue weighted by Crippen LogP contribution is -2.35. The lowest BCUT2D eigenvalue weighted by atomic mass is 10.1. The molecule has 4 heteroatoms. The van der Waals surface area contributed by atoms with Crippen LogP contribution in [0.2, 0.25) is 0 Å². The first-order valence-corrected chi connectivity index (χ1v) is 4.80. The SMILES string of the molecule is C[C@@H](CO)NC(=O)Cc1cccc(O)c1. The maximum atomic E-state index is 11.4. The van der Waals surface area contributed by atoms with Crippen LogP contribution in [0.5, 0.6) is 5.75 Å². The summed E-state index contributed by atoms with van der Waals surface area (Å²) in [7, 11) is 0. The second kappa shape index (κ2) is 5.36. The van der Waals surface area contributed by atoms with E-state index in [9.17, 15) is 9.90 Å². The average molecular weight is 209 g/mol. The van der Waals surface area contributed by atoms with Crippen LogP contribution in [-0.4, -0.2) is 28.8 Å². The van der Waals surface area contributed by atoms with Crippen LogP contribution in [0.3, 0.4) is 0 Å². The Bertz CT molecular complexity index is 338. The maximum absolute atomic E-state index is 11.4. The van der Waals surface area contributed by atoms with Crippen LogP contribution in [0, 0.1) is 0 Å². The lowest BCUT2D eigenvalue weighted by molar-refractivity contribution is -0.121. The van der Waals surface area contributed by atoms with Crippen molar-refractivity contribution in [3.8, 4) is 5.75 Å². The number of carbonyl (C=O) groups excluding carboxylic acids is 1. The van der Waals surface area contributed by atoms with Crippen molar-refractivity contribution < 1.29 is 15.0 Å². The summed E-state index contributed by atoms with van der Waals surface area (Å²) in [5, 5.41) is 20.5. The molecule has 0 bridgehead atoms. The molecule has 0 heterocycles. The van der Waals surface area contributed by atoms with Gasteiger partial charge in [0.15, 0.2) is 0 Å². The Kier molecular flexibility index (Phi) is 4.12. The van der Waals surface area contributed by atoms with E-state index < -0.39 is 0 Å². The molecule has 1 atom stereocenters. The Morgan fingerprint density at radius 3 is 2.87 bits per heavy atom. The van der Waals surface area contributed by atoms with Gasteiger partial charge in [-0.25, -0.2) is 0 Å². The standard InChI is InChI=1S/C11H15NO3/c1-8(7-13)12-11(15)6-9-3-2-4-10(14)5-9/h2-5,8,13-14H,6-7H2,1H3,(H,12,15)/t8-/m0/s1. The van der Waals surface area contributed by atoms with Gasteiger partial charge in [0.2, 0.25) is 5.91 Å². The van der Waals surface area contributed by atoms with E-state index in [4.69, 9.17) is 5.11 Å². The molecule has 82 valence electrons. The van der Waals surface area contributed by atoms with E-state index in [1.165, 1.54) is 0 Å². The number of amides is 1. The molecule has 1 aromatic carbocycles. The Balaban J connectivity index is 2.51. The predicted octanol–water partition coefficient (Wildman–Crippen LogP) is 0.432. The van der Waals surface area contributed by atoms with Crippen molar-refractivity contribution >= 4 is 5.91 Å². The Morgan fingerprint density at radius 2 is 2.27 bits per heavy atom. The third kappa shape index (κ3) is 3.99. The number of rotatable bonds is 4. The highest BCUT2D eigenvalue weighted by Gasteiger charge is 2.07. The molecule has 1 rings (SSSR count). The number of aromatic hydroxyl groups is 1. The molecule has 0 radical (unpaired) electrons. The van der Waals surface area contributed by atoms with Gasteiger partial charge in [0.1, 0.15) is 5.75 Å². The van der Waals surface area contributed by atoms with E-state index in [1.54, 1.807) is 31.2 Å². The number of aliphatic hydroxyl groups is 1. The van der Waals surface area contributed by atoms with Crippen molar-refractivity contribution in [2.24, 2.45) is 0 Å². The molecule has 4 nitrogen and oxygen atoms in total. The largest absolute Gasteiger partial charge is 0.508 e. The first-order valence-electron chi connectivity index (χ1n) is 4.80. The quantitative estimate of drug-likeness (QED) is 0.673. The topological polar surface area (TPSA) is 69.6 Å². The van der Waals surface area contributed by atoms with Crippen LogP contribution in [0.4, 0.5) is 0 Å². The molecule has 0 fully saturated rings. The van der Waals surface area contributed by atoms with Crippen molar-refractivity contribution in [3.05, 3.63) is 29.8 Å². The molecule has 0 saturated carbocycles. The smallest absolute Gasteiger partial charge is 0.224 e. The molecule has 0 unspecified atom stereocenters. The van der Waals surface area contributed by atoms with E-state index in [1.807, 2.05) is 0 Å². The van der Waals surface area contributed by atoms with E-state index in [2.05, 4.69) is 5.32 Å². The summed E-state index contributed by atoms with van der Waals surface area (Å²) in [6, 6.07) is 6.31. The van der Waals surface area contributed by atoms with Crippen LogP contribution in [0.1, 0.15) is 12.5 Å². The fourth-order valence-corrected chi connectivity index (χ4v) is 1.22. The summed E-state index contributed by atoms with van der Waals surface area (Å²) in [6.07, 6.45) is 0.207. The van der Waals surface area contributed by atoms with Crippen molar-refractivity contribution in [3.63, 3.8) is 0 Å². The summed E-state index contributed by atoms with van der Waals surface area (Å²) in [4.78, 5) is 11.4. The third-order valence-corrected chi connectivity index (χ3v) is 1.96. The number of carbonyl (C=O) groups is 1. The molecule has 0 aromatic heterocycles. The Labute approximate surface area is 88.6 Å². The van der Waals surface area contributed by atoms with Gasteiger partial charge in [-0.15, -0.1) is 0 Å². The van der Waals surface area contributed by atoms with E-state index in [0.717, 1.165) is 5.56 Å². The minimum absolute atomic E-state index is 0.0776. The molecule has 0 aliphatic rings. The Morgan fingerprint density at radius 1 is 1.53 bits per heavy atom. The molecule has 1 amide bonds. The average Bonchev–Trinajstić information content (AvgIpc) is 2.17. The molecule has 3 N–H and O–H groups in total. The number of phenolic OH excluding ortho intramolecular Hbond substituents is 1. The summed E-state index contributed by atoms with van der Waals surface area (Å²) >= 11 is 0. The minimum atomic E-state index is -0.241. The molecule has 0 saturated heterocycles. The number of nitrogens with one attached hydrogen (secondary N) is 1. The zero-order valence-corrected chi connectivity index (χ0v) is 8.60. The third-order valence-electron chi connectivity index (χ3n) is 1.96. The molecule has 0 aliphatic heterocycles. The summed E-state index contributed by atoms with van der Waals surface area (Å²) < 4.78 is 0. The van der Waals surface area contributed by atoms with E-state index in [0.29, 0.717) is 0 Å². The van der Waals surface area contributed by atoms with Gasteiger partial charge in [-0.2, -0.15) is 0 Å². The fraction of sp³-hybridized carbons (Fsp3) is 0.364. The van der Waals surface area contributed by atoms with Gasteiger partial charge in [0, 0.05) is 6.04 Å². The van der Waals surface area contributed by atoms with Crippen LogP contribution in [-0.2, 0) is 11.2 Å². The number of aliphatic hydroxyl groups excluding tert-OH is 1. The van der Waals surface area contributed by atoms with Crippen LogP contribution < -0.4 is 5.32 Å². The van der Waals surface area contributed by atoms with E-state index >= 15 is 0 Å². The van der Waals surface area contributed by atoms with Gasteiger partial charge in [-0.1, -0.05) is 12.1 Å². The molecule has 1 aromatic rings. The van der Waals surface area contributed by atoms with Gasteiger partial charge in [0.05, 0.1) is 13.0 Å². The predicted molar refractivity (Wildman–Crippen MR) is 56.5 cm³/mol. The van der Waals surface area contributed by atoms with E-state index in [-0.39, 0.29) is 30.7 Å². The number of hydrogen-bond donors (Lipinski definition) is 3. The second-order valence-corrected chi connectivity index (χ2v) is 3.50. The summed E-state index contributed by atoms with van der Waals surface area (Å²) in [5.74, 6) is -0.0161. The highest BCUT2D eigenvalue weighted by atomic mass is 16.3. The number of phenols is 1. The van der Waals surface area contributed by atoms with Crippen molar-refractivity contribution in [2.45, 2.75) is 19.4 Å². The monoisotopic (exact) mass is 209 g/mol. The number of hydrogen-bond acceptors (Lipinski definition) is 3. The zero-order valence-electron chi connectivity index (χ0n) is 8.60. The molecular formula is C11H15NO3. The normalized spacial score (nSPS) is 12.1. The van der Waals surface area contributed by atoms with Crippen LogP contribution in [0.15, 0.2) is 24.3 Å². The maximum Gasteiger partial charge on any atom is 0.224 e. The number of benzene rings is 1. The minimum Gasteiger partial charge on any atom is -0.508 e. The fourth-order valence-electron chi connectivity index (χ4n) is 1.22. The molecule has 0 aliphatic carbocycles. The van der Waals surface area contributed by atoms with Gasteiger partial charge in [-0.05, 0) is 24.6 Å². The van der Waals surface area contributed by atoms with Crippen molar-refractivity contribution in [1.82, 2.24) is 5.32 Å². The van der Waals surface area contributed by atoms with Gasteiger partial charge in [0.25, 0.3) is 0 Å². The second-order valence-electron chi connectivity index (χ2n) is 3.50.